The van der Waals surface area contributed by atoms with Gasteiger partial charge in [0.05, 0.1) is 11.0 Å². The second-order valence-electron chi connectivity index (χ2n) is 8.96. The van der Waals surface area contributed by atoms with Gasteiger partial charge in [0.25, 0.3) is 0 Å². The minimum absolute atomic E-state index is 0.0129. The van der Waals surface area contributed by atoms with Crippen LogP contribution in [0.15, 0.2) is 53.1 Å². The Labute approximate surface area is 176 Å². The van der Waals surface area contributed by atoms with Crippen molar-refractivity contribution >= 4 is 11.4 Å². The van der Waals surface area contributed by atoms with Crippen LogP contribution in [0.1, 0.15) is 55.0 Å². The van der Waals surface area contributed by atoms with Gasteiger partial charge in [-0.05, 0) is 47.6 Å². The van der Waals surface area contributed by atoms with Crippen LogP contribution in [0.4, 0.5) is 11.4 Å². The number of nitro groups is 1. The molecule has 0 spiro atoms. The van der Waals surface area contributed by atoms with Crippen molar-refractivity contribution in [1.29, 1.82) is 0 Å². The summed E-state index contributed by atoms with van der Waals surface area (Å²) < 4.78 is 5.40. The quantitative estimate of drug-likeness (QED) is 0.421. The van der Waals surface area contributed by atoms with Gasteiger partial charge in [0.1, 0.15) is 0 Å². The summed E-state index contributed by atoms with van der Waals surface area (Å²) in [7, 11) is 0. The summed E-state index contributed by atoms with van der Waals surface area (Å²) in [6.07, 6.45) is 1.33. The number of fused-ring (bicyclic) bond motifs is 1. The molecular weight excluding hydrogens is 378 g/mol. The van der Waals surface area contributed by atoms with Crippen LogP contribution in [-0.2, 0) is 18.3 Å². The summed E-state index contributed by atoms with van der Waals surface area (Å²) in [5, 5.41) is 15.4. The number of hydrogen-bond donors (Lipinski definition) is 0. The standard InChI is InChI=1S/C24H27N3O3/c1-16-23(27(28)29)22(30-25-16)15-21-20-8-6-5-7-17(20)13-14-26(21)19-11-9-18(10-12-19)24(2,3)4/h5-12,21H,13-15H2,1-4H3. The highest BCUT2D eigenvalue weighted by Gasteiger charge is 2.33. The van der Waals surface area contributed by atoms with Gasteiger partial charge in [-0.1, -0.05) is 62.3 Å². The van der Waals surface area contributed by atoms with Crippen LogP contribution in [0.3, 0.4) is 0 Å². The summed E-state index contributed by atoms with van der Waals surface area (Å²) >= 11 is 0. The molecule has 30 heavy (non-hydrogen) atoms. The zero-order chi connectivity index (χ0) is 21.5. The molecule has 0 saturated heterocycles. The molecule has 2 aromatic carbocycles. The van der Waals surface area contributed by atoms with E-state index in [0.717, 1.165) is 18.7 Å². The first-order chi connectivity index (χ1) is 14.3. The molecule has 3 aromatic rings. The molecule has 1 aliphatic heterocycles. The molecular formula is C24H27N3O3. The lowest BCUT2D eigenvalue weighted by Gasteiger charge is -2.39. The molecule has 1 unspecified atom stereocenters. The summed E-state index contributed by atoms with van der Waals surface area (Å²) in [5.41, 5.74) is 5.25. The van der Waals surface area contributed by atoms with E-state index >= 15 is 0 Å². The van der Waals surface area contributed by atoms with Gasteiger partial charge in [-0.25, -0.2) is 0 Å². The number of nitrogens with zero attached hydrogens (tertiary/aromatic N) is 3. The van der Waals surface area contributed by atoms with E-state index in [2.05, 4.69) is 67.2 Å². The Bertz CT molecular complexity index is 1060. The predicted octanol–water partition coefficient (Wildman–Crippen LogP) is 5.54. The smallest absolute Gasteiger partial charge is 0.334 e. The van der Waals surface area contributed by atoms with E-state index in [4.69, 9.17) is 4.52 Å². The third-order valence-corrected chi connectivity index (χ3v) is 5.94. The molecule has 1 aromatic heterocycles. The van der Waals surface area contributed by atoms with Crippen molar-refractivity contribution in [2.24, 2.45) is 0 Å². The molecule has 2 heterocycles. The van der Waals surface area contributed by atoms with E-state index < -0.39 is 4.92 Å². The van der Waals surface area contributed by atoms with E-state index in [0.29, 0.717) is 17.9 Å². The molecule has 6 heteroatoms. The molecule has 0 saturated carbocycles. The number of hydrogen-bond acceptors (Lipinski definition) is 5. The molecule has 0 aliphatic carbocycles. The molecule has 0 fully saturated rings. The Balaban J connectivity index is 1.74. The molecule has 1 aliphatic rings. The van der Waals surface area contributed by atoms with Gasteiger partial charge in [0.2, 0.25) is 5.76 Å². The second-order valence-corrected chi connectivity index (χ2v) is 8.96. The van der Waals surface area contributed by atoms with E-state index in [1.54, 1.807) is 6.92 Å². The van der Waals surface area contributed by atoms with Crippen LogP contribution in [-0.4, -0.2) is 16.6 Å². The highest BCUT2D eigenvalue weighted by atomic mass is 16.6. The first-order valence-electron chi connectivity index (χ1n) is 10.3. The van der Waals surface area contributed by atoms with Crippen LogP contribution >= 0.6 is 0 Å². The first kappa shape index (κ1) is 20.1. The number of rotatable bonds is 4. The summed E-state index contributed by atoms with van der Waals surface area (Å²) in [4.78, 5) is 13.5. The van der Waals surface area contributed by atoms with Gasteiger partial charge in [0.15, 0.2) is 5.69 Å². The van der Waals surface area contributed by atoms with Crippen molar-refractivity contribution < 1.29 is 9.45 Å². The van der Waals surface area contributed by atoms with Crippen molar-refractivity contribution in [2.75, 3.05) is 11.4 Å². The largest absolute Gasteiger partial charge is 0.364 e. The average molecular weight is 405 g/mol. The molecule has 156 valence electrons. The second kappa shape index (κ2) is 7.59. The van der Waals surface area contributed by atoms with Crippen molar-refractivity contribution in [3.63, 3.8) is 0 Å². The first-order valence-corrected chi connectivity index (χ1v) is 10.3. The van der Waals surface area contributed by atoms with Crippen LogP contribution in [0, 0.1) is 17.0 Å². The topological polar surface area (TPSA) is 72.4 Å². The Morgan fingerprint density at radius 3 is 2.53 bits per heavy atom. The van der Waals surface area contributed by atoms with Crippen molar-refractivity contribution in [3.05, 3.63) is 86.8 Å². The Morgan fingerprint density at radius 1 is 1.17 bits per heavy atom. The van der Waals surface area contributed by atoms with Crippen molar-refractivity contribution in [2.45, 2.75) is 52.0 Å². The van der Waals surface area contributed by atoms with E-state index in [1.807, 2.05) is 12.1 Å². The van der Waals surface area contributed by atoms with Crippen LogP contribution in [0.25, 0.3) is 0 Å². The van der Waals surface area contributed by atoms with Gasteiger partial charge in [-0.15, -0.1) is 0 Å². The van der Waals surface area contributed by atoms with E-state index in [1.165, 1.54) is 16.7 Å². The minimum atomic E-state index is -0.391. The third kappa shape index (κ3) is 3.70. The zero-order valence-electron chi connectivity index (χ0n) is 17.9. The lowest BCUT2D eigenvalue weighted by atomic mass is 9.86. The van der Waals surface area contributed by atoms with Crippen molar-refractivity contribution in [3.8, 4) is 0 Å². The lowest BCUT2D eigenvalue weighted by Crippen LogP contribution is -2.36. The van der Waals surface area contributed by atoms with Gasteiger partial charge in [-0.2, -0.15) is 0 Å². The number of aryl methyl sites for hydroxylation is 1. The number of aromatic nitrogens is 1. The summed E-state index contributed by atoms with van der Waals surface area (Å²) in [6, 6.07) is 16.9. The van der Waals surface area contributed by atoms with Gasteiger partial charge >= 0.3 is 5.69 Å². The number of anilines is 1. The monoisotopic (exact) mass is 405 g/mol. The Kier molecular flexibility index (Phi) is 5.10. The van der Waals surface area contributed by atoms with E-state index in [-0.39, 0.29) is 17.1 Å². The third-order valence-electron chi connectivity index (χ3n) is 5.94. The average Bonchev–Trinajstić information content (AvgIpc) is 3.08. The normalized spacial score (nSPS) is 16.4. The highest BCUT2D eigenvalue weighted by Crippen LogP contribution is 2.38. The maximum Gasteiger partial charge on any atom is 0.334 e. The summed E-state index contributed by atoms with van der Waals surface area (Å²) in [6.45, 7) is 9.06. The lowest BCUT2D eigenvalue weighted by molar-refractivity contribution is -0.386. The fraction of sp³-hybridized carbons (Fsp3) is 0.375. The Morgan fingerprint density at radius 2 is 1.87 bits per heavy atom. The number of benzene rings is 2. The fourth-order valence-electron chi connectivity index (χ4n) is 4.29. The highest BCUT2D eigenvalue weighted by molar-refractivity contribution is 5.54. The van der Waals surface area contributed by atoms with Crippen LogP contribution < -0.4 is 4.90 Å². The molecule has 0 bridgehead atoms. The zero-order valence-corrected chi connectivity index (χ0v) is 17.9. The van der Waals surface area contributed by atoms with Gasteiger partial charge in [-0.3, -0.25) is 10.1 Å². The van der Waals surface area contributed by atoms with Gasteiger partial charge < -0.3 is 9.42 Å². The molecule has 1 atom stereocenters. The Hall–Kier alpha value is -3.15. The maximum absolute atomic E-state index is 11.6. The van der Waals surface area contributed by atoms with Crippen molar-refractivity contribution in [1.82, 2.24) is 5.16 Å². The molecule has 0 N–H and O–H groups in total. The van der Waals surface area contributed by atoms with E-state index in [9.17, 15) is 10.1 Å². The predicted molar refractivity (Wildman–Crippen MR) is 117 cm³/mol. The van der Waals surface area contributed by atoms with Crippen LogP contribution in [0.5, 0.6) is 0 Å². The van der Waals surface area contributed by atoms with Gasteiger partial charge in [0, 0.05) is 18.7 Å². The summed E-state index contributed by atoms with van der Waals surface area (Å²) in [5.74, 6) is 0.329. The SMILES string of the molecule is Cc1noc(CC2c3ccccc3CCN2c2ccc(C(C)(C)C)cc2)c1[N+](=O)[O-]. The maximum atomic E-state index is 11.6. The van der Waals surface area contributed by atoms with Crippen LogP contribution in [0.2, 0.25) is 0 Å². The molecule has 0 radical (unpaired) electrons. The minimum Gasteiger partial charge on any atom is -0.364 e. The molecule has 4 rings (SSSR count). The fourth-order valence-corrected chi connectivity index (χ4v) is 4.29. The molecule has 6 nitrogen and oxygen atoms in total. The molecule has 0 amide bonds.